The number of rotatable bonds is 12. The highest BCUT2D eigenvalue weighted by atomic mass is 16.7. The third-order valence-corrected chi connectivity index (χ3v) is 5.85. The maximum Gasteiger partial charge on any atom is 0.220 e. The van der Waals surface area contributed by atoms with E-state index < -0.39 is 36.4 Å². The summed E-state index contributed by atoms with van der Waals surface area (Å²) in [6, 6.07) is -0.323. The van der Waals surface area contributed by atoms with Crippen LogP contribution in [0.1, 0.15) is 47.0 Å². The van der Waals surface area contributed by atoms with Gasteiger partial charge in [-0.2, -0.15) is 0 Å². The zero-order valence-corrected chi connectivity index (χ0v) is 18.9. The highest BCUT2D eigenvalue weighted by molar-refractivity contribution is 5.90. The van der Waals surface area contributed by atoms with Crippen molar-refractivity contribution in [2.45, 2.75) is 77.6 Å². The normalized spacial score (nSPS) is 28.8. The van der Waals surface area contributed by atoms with Gasteiger partial charge in [-0.05, 0) is 26.3 Å². The number of carbonyl (C=O) groups excluding carboxylic acids is 3. The predicted octanol–water partition coefficient (Wildman–Crippen LogP) is 0.0204. The number of likely N-dealkylation sites (N-methyl/N-ethyl adjacent to an activating group) is 1. The van der Waals surface area contributed by atoms with Crippen LogP contribution < -0.4 is 10.6 Å². The highest BCUT2D eigenvalue weighted by Crippen LogP contribution is 2.26. The van der Waals surface area contributed by atoms with Crippen molar-refractivity contribution in [1.82, 2.24) is 10.6 Å². The average molecular weight is 431 g/mol. The average Bonchev–Trinajstić information content (AvgIpc) is 2.68. The molecule has 1 heterocycles. The molecule has 1 saturated heterocycles. The number of hydrogen-bond donors (Lipinski definition) is 4. The topological polar surface area (TPSA) is 134 Å². The minimum absolute atomic E-state index is 0.0370. The van der Waals surface area contributed by atoms with Crippen LogP contribution in [0.25, 0.3) is 0 Å². The van der Waals surface area contributed by atoms with Gasteiger partial charge in [0.25, 0.3) is 0 Å². The summed E-state index contributed by atoms with van der Waals surface area (Å²) in [5, 5.41) is 25.9. The van der Waals surface area contributed by atoms with Crippen LogP contribution in [0, 0.1) is 17.8 Å². The molecule has 1 amide bonds. The van der Waals surface area contributed by atoms with Crippen molar-refractivity contribution in [2.24, 2.45) is 17.8 Å². The number of hydrogen-bond acceptors (Lipinski definition) is 8. The lowest BCUT2D eigenvalue weighted by molar-refractivity contribution is -0.273. The molecule has 4 N–H and O–H groups in total. The van der Waals surface area contributed by atoms with Crippen LogP contribution in [0.15, 0.2) is 0 Å². The van der Waals surface area contributed by atoms with E-state index in [0.29, 0.717) is 0 Å². The molecule has 1 rings (SSSR count). The molecule has 0 unspecified atom stereocenters. The van der Waals surface area contributed by atoms with Crippen molar-refractivity contribution < 1.29 is 34.1 Å². The van der Waals surface area contributed by atoms with Crippen molar-refractivity contribution in [1.29, 1.82) is 0 Å². The van der Waals surface area contributed by atoms with E-state index in [1.165, 1.54) is 14.0 Å². The first-order valence-electron chi connectivity index (χ1n) is 10.5. The van der Waals surface area contributed by atoms with E-state index >= 15 is 0 Å². The van der Waals surface area contributed by atoms with E-state index in [1.807, 2.05) is 13.8 Å². The Bertz CT molecular complexity index is 582. The number of aliphatic hydroxyl groups excluding tert-OH is 2. The Labute approximate surface area is 178 Å². The zero-order chi connectivity index (χ0) is 23.0. The molecule has 0 aromatic heterocycles. The number of Topliss-reactive ketones (excluding diaryl/α,β-unsaturated/α-hetero) is 2. The second-order valence-electron chi connectivity index (χ2n) is 8.45. The molecule has 0 radical (unpaired) electrons. The second kappa shape index (κ2) is 12.5. The number of nitrogens with one attached hydrogen (secondary N) is 2. The van der Waals surface area contributed by atoms with Crippen molar-refractivity contribution in [2.75, 3.05) is 20.7 Å². The third kappa shape index (κ3) is 7.39. The molecule has 1 fully saturated rings. The number of methoxy groups -OCH3 is 1. The summed E-state index contributed by atoms with van der Waals surface area (Å²) < 4.78 is 10.6. The van der Waals surface area contributed by atoms with Gasteiger partial charge in [0.05, 0.1) is 12.1 Å². The lowest BCUT2D eigenvalue weighted by Crippen LogP contribution is -2.56. The Hall–Kier alpha value is -1.39. The minimum atomic E-state index is -0.960. The molecule has 0 spiro atoms. The predicted molar refractivity (Wildman–Crippen MR) is 111 cm³/mol. The Balaban J connectivity index is 2.55. The van der Waals surface area contributed by atoms with Gasteiger partial charge in [-0.3, -0.25) is 14.4 Å². The summed E-state index contributed by atoms with van der Waals surface area (Å²) in [6.45, 7) is 7.04. The van der Waals surface area contributed by atoms with Crippen LogP contribution in [-0.4, -0.2) is 79.0 Å². The van der Waals surface area contributed by atoms with E-state index in [-0.39, 0.29) is 55.2 Å². The van der Waals surface area contributed by atoms with Gasteiger partial charge >= 0.3 is 0 Å². The van der Waals surface area contributed by atoms with Crippen molar-refractivity contribution in [3.63, 3.8) is 0 Å². The number of aliphatic hydroxyl groups is 2. The quantitative estimate of drug-likeness (QED) is 0.340. The van der Waals surface area contributed by atoms with Crippen LogP contribution in [0.3, 0.4) is 0 Å². The van der Waals surface area contributed by atoms with E-state index in [2.05, 4.69) is 10.6 Å². The van der Waals surface area contributed by atoms with E-state index in [0.717, 1.165) is 0 Å². The molecule has 0 bridgehead atoms. The Morgan fingerprint density at radius 2 is 1.80 bits per heavy atom. The van der Waals surface area contributed by atoms with Crippen LogP contribution in [-0.2, 0) is 23.9 Å². The standard InChI is InChI=1S/C21H38N2O7/c1-11(2)18(22-5)15(25)9-14(13(4)24)7-8-17(26)23-10-16-19(27)12(3)20(28)21(29-6)30-16/h11-12,14,16,18-22,27-28H,7-10H2,1-6H3,(H,23,26)/t12-,14+,16+,18-,19-,20+,21+/m0/s1. The zero-order valence-electron chi connectivity index (χ0n) is 18.9. The molecule has 0 aromatic rings. The smallest absolute Gasteiger partial charge is 0.220 e. The van der Waals surface area contributed by atoms with Crippen LogP contribution in [0.2, 0.25) is 0 Å². The maximum atomic E-state index is 12.5. The van der Waals surface area contributed by atoms with Gasteiger partial charge < -0.3 is 30.3 Å². The maximum absolute atomic E-state index is 12.5. The number of carbonyl (C=O) groups is 3. The minimum Gasteiger partial charge on any atom is -0.390 e. The Morgan fingerprint density at radius 1 is 1.17 bits per heavy atom. The first-order chi connectivity index (χ1) is 14.0. The molecular weight excluding hydrogens is 392 g/mol. The molecule has 0 aliphatic carbocycles. The van der Waals surface area contributed by atoms with Gasteiger partial charge in [-0.25, -0.2) is 0 Å². The molecule has 174 valence electrons. The summed E-state index contributed by atoms with van der Waals surface area (Å²) in [7, 11) is 3.11. The fraction of sp³-hybridized carbons (Fsp3) is 0.857. The number of amides is 1. The SMILES string of the molecule is CN[C@H](C(=O)C[C@@H](CCC(=O)NC[C@H]1O[C@@H](OC)[C@H](O)[C@@H](C)[C@@H]1O)C(C)=O)C(C)C. The first kappa shape index (κ1) is 26.6. The van der Waals surface area contributed by atoms with Crippen LogP contribution in [0.5, 0.6) is 0 Å². The fourth-order valence-electron chi connectivity index (χ4n) is 3.78. The van der Waals surface area contributed by atoms with Gasteiger partial charge in [-0.15, -0.1) is 0 Å². The van der Waals surface area contributed by atoms with Gasteiger partial charge in [0, 0.05) is 38.3 Å². The summed E-state index contributed by atoms with van der Waals surface area (Å²) in [6.07, 6.45) is -3.06. The lowest BCUT2D eigenvalue weighted by Gasteiger charge is -2.40. The van der Waals surface area contributed by atoms with Crippen LogP contribution >= 0.6 is 0 Å². The first-order valence-corrected chi connectivity index (χ1v) is 10.5. The van der Waals surface area contributed by atoms with Gasteiger partial charge in [0.2, 0.25) is 5.91 Å². The van der Waals surface area contributed by atoms with E-state index in [4.69, 9.17) is 9.47 Å². The summed E-state index contributed by atoms with van der Waals surface area (Å²) in [5.41, 5.74) is 0. The second-order valence-corrected chi connectivity index (χ2v) is 8.45. The van der Waals surface area contributed by atoms with Crippen molar-refractivity contribution in [3.05, 3.63) is 0 Å². The van der Waals surface area contributed by atoms with Crippen LogP contribution in [0.4, 0.5) is 0 Å². The highest BCUT2D eigenvalue weighted by Gasteiger charge is 2.42. The fourth-order valence-corrected chi connectivity index (χ4v) is 3.78. The van der Waals surface area contributed by atoms with Crippen molar-refractivity contribution >= 4 is 17.5 Å². The van der Waals surface area contributed by atoms with Gasteiger partial charge in [0.1, 0.15) is 18.0 Å². The molecule has 0 saturated carbocycles. The Kier molecular flexibility index (Phi) is 11.1. The molecule has 0 aromatic carbocycles. The molecular formula is C21H38N2O7. The number of ketones is 2. The third-order valence-electron chi connectivity index (χ3n) is 5.85. The molecule has 1 aliphatic heterocycles. The van der Waals surface area contributed by atoms with Gasteiger partial charge in [-0.1, -0.05) is 20.8 Å². The molecule has 7 atom stereocenters. The van der Waals surface area contributed by atoms with E-state index in [1.54, 1.807) is 14.0 Å². The van der Waals surface area contributed by atoms with E-state index in [9.17, 15) is 24.6 Å². The molecule has 30 heavy (non-hydrogen) atoms. The summed E-state index contributed by atoms with van der Waals surface area (Å²) in [4.78, 5) is 36.7. The van der Waals surface area contributed by atoms with Gasteiger partial charge in [0.15, 0.2) is 12.1 Å². The number of ether oxygens (including phenoxy) is 2. The molecule has 1 aliphatic rings. The molecule has 9 nitrogen and oxygen atoms in total. The summed E-state index contributed by atoms with van der Waals surface area (Å²) in [5.74, 6) is -1.33. The summed E-state index contributed by atoms with van der Waals surface area (Å²) >= 11 is 0. The lowest BCUT2D eigenvalue weighted by atomic mass is 9.88. The largest absolute Gasteiger partial charge is 0.390 e. The molecule has 9 heteroatoms. The van der Waals surface area contributed by atoms with Crippen molar-refractivity contribution in [3.8, 4) is 0 Å². The Morgan fingerprint density at radius 3 is 2.30 bits per heavy atom. The monoisotopic (exact) mass is 430 g/mol.